The third-order valence-corrected chi connectivity index (χ3v) is 19.2. The van der Waals surface area contributed by atoms with Crippen molar-refractivity contribution in [2.24, 2.45) is 0 Å². The van der Waals surface area contributed by atoms with Crippen molar-refractivity contribution in [2.75, 3.05) is 14.7 Å². The first-order valence-electron chi connectivity index (χ1n) is 26.1. The number of para-hydroxylation sites is 1. The average molecular weight is 908 g/mol. The fourth-order valence-corrected chi connectivity index (χ4v) is 15.1. The number of rotatable bonds is 4. The van der Waals surface area contributed by atoms with E-state index in [-0.39, 0.29) is 34.0 Å². The van der Waals surface area contributed by atoms with Crippen LogP contribution in [0.1, 0.15) is 108 Å². The molecule has 344 valence electrons. The van der Waals surface area contributed by atoms with Crippen LogP contribution in [-0.4, -0.2) is 12.3 Å². The minimum Gasteiger partial charge on any atom is -0.334 e. The molecule has 1 saturated carbocycles. The van der Waals surface area contributed by atoms with E-state index in [1.165, 1.54) is 126 Å². The number of aryl methyl sites for hydroxylation is 1. The molecule has 4 unspecified atom stereocenters. The molecule has 4 atom stereocenters. The predicted molar refractivity (Wildman–Crippen MR) is 296 cm³/mol. The van der Waals surface area contributed by atoms with E-state index in [1.807, 2.05) is 0 Å². The van der Waals surface area contributed by atoms with Crippen molar-refractivity contribution in [2.45, 2.75) is 114 Å². The molecule has 1 fully saturated rings. The van der Waals surface area contributed by atoms with Crippen molar-refractivity contribution in [3.05, 3.63) is 204 Å². The first kappa shape index (κ1) is 42.1. The number of fused-ring (bicyclic) bond motifs is 12. The normalized spacial score (nSPS) is 24.3. The standard InChI is InChI=1S/C66H62BN3/c1-62(2,3)48-39-53-61-55(40-48)67-54-38-47(44-22-12-9-13-23-44)30-33-57(54)68(49-31-28-45(29-32-49)43-20-10-8-11-21-43)58-41-50(69-56-27-17-16-26-52(56)63(4)35-18-19-36-65(63,69)6)42-59(60(58)67)70(61)66(7)51-25-15-14-24-46(51)34-37-64(53,66)5/h8-17,20-33,38-42H,18-19,34-37H2,1-7H3. The summed E-state index contributed by atoms with van der Waals surface area (Å²) in [5, 5.41) is 0. The highest BCUT2D eigenvalue weighted by atomic mass is 15.3. The molecular weight excluding hydrogens is 846 g/mol. The molecule has 8 aromatic carbocycles. The van der Waals surface area contributed by atoms with Crippen molar-refractivity contribution in [1.82, 2.24) is 0 Å². The topological polar surface area (TPSA) is 9.72 Å². The fraction of sp³-hybridized carbons (Fsp3) is 0.273. The SMILES string of the molecule is CC(C)(C)c1cc2c3c(c1)C1(C)CCc4ccccc4C1(C)N3c1cc(N3c4ccccc4C4(C)CCCCC34C)cc3c1B2c1cc(-c2ccccc2)ccc1N3c1ccc(-c2ccccc2)cc1. The number of nitrogens with zero attached hydrogens (tertiary/aromatic N) is 3. The number of hydrogen-bond acceptors (Lipinski definition) is 3. The molecule has 0 spiro atoms. The molecule has 0 aromatic heterocycles. The first-order valence-corrected chi connectivity index (χ1v) is 26.1. The van der Waals surface area contributed by atoms with Gasteiger partial charge in [-0.25, -0.2) is 0 Å². The Hall–Kier alpha value is -6.78. The van der Waals surface area contributed by atoms with Crippen molar-refractivity contribution >= 4 is 62.9 Å². The summed E-state index contributed by atoms with van der Waals surface area (Å²) in [6, 6.07) is 68.1. The van der Waals surface area contributed by atoms with E-state index in [1.54, 1.807) is 0 Å². The van der Waals surface area contributed by atoms with E-state index >= 15 is 0 Å². The van der Waals surface area contributed by atoms with Crippen LogP contribution in [0.15, 0.2) is 176 Å². The minimum atomic E-state index is -0.354. The van der Waals surface area contributed by atoms with Gasteiger partial charge in [-0.05, 0) is 148 Å². The lowest BCUT2D eigenvalue weighted by molar-refractivity contribution is 0.195. The monoisotopic (exact) mass is 908 g/mol. The fourth-order valence-electron chi connectivity index (χ4n) is 15.1. The highest BCUT2D eigenvalue weighted by Gasteiger charge is 2.64. The van der Waals surface area contributed by atoms with Crippen LogP contribution in [0.25, 0.3) is 22.3 Å². The maximum atomic E-state index is 2.91. The summed E-state index contributed by atoms with van der Waals surface area (Å²) in [5.74, 6) is 0. The van der Waals surface area contributed by atoms with Gasteiger partial charge in [0.1, 0.15) is 0 Å². The van der Waals surface area contributed by atoms with E-state index in [0.29, 0.717) is 0 Å². The second kappa shape index (κ2) is 14.4. The Morgan fingerprint density at radius 1 is 0.457 bits per heavy atom. The molecule has 4 heterocycles. The molecule has 0 amide bonds. The molecule has 6 aliphatic rings. The van der Waals surface area contributed by atoms with Gasteiger partial charge in [0, 0.05) is 50.6 Å². The second-order valence-electron chi connectivity index (χ2n) is 23.5. The van der Waals surface area contributed by atoms with Gasteiger partial charge in [-0.1, -0.05) is 187 Å². The number of anilines is 7. The summed E-state index contributed by atoms with van der Waals surface area (Å²) in [6.07, 6.45) is 7.01. The molecule has 4 aliphatic heterocycles. The van der Waals surface area contributed by atoms with Gasteiger partial charge in [-0.3, -0.25) is 0 Å². The summed E-state index contributed by atoms with van der Waals surface area (Å²) in [4.78, 5) is 8.38. The Kier molecular flexibility index (Phi) is 8.67. The van der Waals surface area contributed by atoms with Crippen molar-refractivity contribution in [3.8, 4) is 22.3 Å². The largest absolute Gasteiger partial charge is 0.334 e. The smallest absolute Gasteiger partial charge is 0.252 e. The lowest BCUT2D eigenvalue weighted by atomic mass is 9.33. The van der Waals surface area contributed by atoms with E-state index in [0.717, 1.165) is 19.3 Å². The third kappa shape index (κ3) is 5.38. The maximum absolute atomic E-state index is 2.91. The molecule has 2 aliphatic carbocycles. The average Bonchev–Trinajstić information content (AvgIpc) is 3.73. The van der Waals surface area contributed by atoms with Gasteiger partial charge >= 0.3 is 0 Å². The van der Waals surface area contributed by atoms with Crippen LogP contribution in [0.5, 0.6) is 0 Å². The Morgan fingerprint density at radius 2 is 1.09 bits per heavy atom. The van der Waals surface area contributed by atoms with Crippen LogP contribution in [0.3, 0.4) is 0 Å². The predicted octanol–water partition coefficient (Wildman–Crippen LogP) is 14.9. The highest BCUT2D eigenvalue weighted by Crippen LogP contribution is 2.66. The Morgan fingerprint density at radius 3 is 1.83 bits per heavy atom. The van der Waals surface area contributed by atoms with Crippen LogP contribution >= 0.6 is 0 Å². The van der Waals surface area contributed by atoms with Crippen LogP contribution in [0.4, 0.5) is 39.8 Å². The van der Waals surface area contributed by atoms with E-state index in [4.69, 9.17) is 0 Å². The molecule has 0 radical (unpaired) electrons. The molecule has 14 rings (SSSR count). The molecule has 0 N–H and O–H groups in total. The summed E-state index contributed by atoms with van der Waals surface area (Å²) in [6.45, 7) is 17.6. The lowest BCUT2D eigenvalue weighted by Crippen LogP contribution is -2.64. The van der Waals surface area contributed by atoms with E-state index < -0.39 is 0 Å². The van der Waals surface area contributed by atoms with Crippen molar-refractivity contribution in [1.29, 1.82) is 0 Å². The quantitative estimate of drug-likeness (QED) is 0.163. The summed E-state index contributed by atoms with van der Waals surface area (Å²) < 4.78 is 0. The molecular formula is C66H62BN3. The van der Waals surface area contributed by atoms with Gasteiger partial charge in [0.2, 0.25) is 0 Å². The van der Waals surface area contributed by atoms with Gasteiger partial charge in [0.05, 0.1) is 11.1 Å². The van der Waals surface area contributed by atoms with E-state index in [9.17, 15) is 0 Å². The summed E-state index contributed by atoms with van der Waals surface area (Å²) in [7, 11) is 0. The minimum absolute atomic E-state index is 0.00819. The zero-order valence-electron chi connectivity index (χ0n) is 41.9. The lowest BCUT2D eigenvalue weighted by Gasteiger charge is -2.54. The number of hydrogen-bond donors (Lipinski definition) is 0. The second-order valence-corrected chi connectivity index (χ2v) is 23.5. The molecule has 3 nitrogen and oxygen atoms in total. The first-order chi connectivity index (χ1) is 33.8. The summed E-state index contributed by atoms with van der Waals surface area (Å²) in [5.41, 5.74) is 25.1. The molecule has 4 heteroatoms. The molecule has 0 saturated heterocycles. The van der Waals surface area contributed by atoms with Crippen molar-refractivity contribution < 1.29 is 0 Å². The van der Waals surface area contributed by atoms with Gasteiger partial charge < -0.3 is 14.7 Å². The van der Waals surface area contributed by atoms with Gasteiger partial charge in [-0.2, -0.15) is 0 Å². The van der Waals surface area contributed by atoms with Crippen LogP contribution in [0, 0.1) is 0 Å². The van der Waals surface area contributed by atoms with Crippen LogP contribution in [-0.2, 0) is 28.2 Å². The molecule has 0 bridgehead atoms. The number of benzene rings is 8. The van der Waals surface area contributed by atoms with E-state index in [2.05, 4.69) is 239 Å². The Labute approximate surface area is 415 Å². The van der Waals surface area contributed by atoms with Gasteiger partial charge in [-0.15, -0.1) is 0 Å². The van der Waals surface area contributed by atoms with Crippen LogP contribution < -0.4 is 31.1 Å². The summed E-state index contributed by atoms with van der Waals surface area (Å²) >= 11 is 0. The Balaban J connectivity index is 1.12. The zero-order valence-corrected chi connectivity index (χ0v) is 41.9. The highest BCUT2D eigenvalue weighted by molar-refractivity contribution is 7.00. The Bertz CT molecular complexity index is 3460. The van der Waals surface area contributed by atoms with Crippen LogP contribution in [0.2, 0.25) is 0 Å². The van der Waals surface area contributed by atoms with Gasteiger partial charge in [0.15, 0.2) is 0 Å². The molecule has 70 heavy (non-hydrogen) atoms. The van der Waals surface area contributed by atoms with Gasteiger partial charge in [0.25, 0.3) is 6.71 Å². The third-order valence-electron chi connectivity index (χ3n) is 19.2. The van der Waals surface area contributed by atoms with Crippen molar-refractivity contribution in [3.63, 3.8) is 0 Å². The zero-order chi connectivity index (χ0) is 47.5. The maximum Gasteiger partial charge on any atom is 0.252 e. The molecule has 8 aromatic rings.